The van der Waals surface area contributed by atoms with Gasteiger partial charge >= 0.3 is 6.03 Å². The van der Waals surface area contributed by atoms with E-state index in [1.54, 1.807) is 12.0 Å². The third-order valence-electron chi connectivity index (χ3n) is 4.35. The number of benzene rings is 1. The first-order chi connectivity index (χ1) is 12.3. The third-order valence-corrected chi connectivity index (χ3v) is 4.35. The molecule has 138 valence electrons. The van der Waals surface area contributed by atoms with Crippen molar-refractivity contribution in [3.05, 3.63) is 47.3 Å². The summed E-state index contributed by atoms with van der Waals surface area (Å²) < 4.78 is 11.4. The van der Waals surface area contributed by atoms with E-state index in [0.29, 0.717) is 13.1 Å². The van der Waals surface area contributed by atoms with Gasteiger partial charge in [0.1, 0.15) is 17.1 Å². The summed E-state index contributed by atoms with van der Waals surface area (Å²) >= 11 is 0. The standard InChI is InChI=1S/C20H25N3O3/c1-13-6-9-17(14(2)21-13)22-19(24)23-11-15-7-8-16(25-5)10-18(15)26-20(3,4)12-23/h6-10H,11-12H2,1-5H3,(H,22,24). The minimum absolute atomic E-state index is 0.168. The van der Waals surface area contributed by atoms with Crippen molar-refractivity contribution in [3.63, 3.8) is 0 Å². The molecule has 6 nitrogen and oxygen atoms in total. The molecule has 1 aromatic heterocycles. The molecule has 6 heteroatoms. The smallest absolute Gasteiger partial charge is 0.322 e. The Hall–Kier alpha value is -2.76. The van der Waals surface area contributed by atoms with Gasteiger partial charge in [0.15, 0.2) is 0 Å². The Kier molecular flexibility index (Phi) is 4.76. The van der Waals surface area contributed by atoms with Crippen LogP contribution >= 0.6 is 0 Å². The lowest BCUT2D eigenvalue weighted by Crippen LogP contribution is -2.44. The monoisotopic (exact) mass is 355 g/mol. The number of aromatic nitrogens is 1. The molecule has 1 aliphatic heterocycles. The zero-order valence-electron chi connectivity index (χ0n) is 15.9. The molecule has 0 spiro atoms. The number of carbonyl (C=O) groups excluding carboxylic acids is 1. The van der Waals surface area contributed by atoms with Crippen LogP contribution in [-0.4, -0.2) is 35.2 Å². The number of nitrogens with one attached hydrogen (secondary N) is 1. The number of nitrogens with zero attached hydrogens (tertiary/aromatic N) is 2. The lowest BCUT2D eigenvalue weighted by Gasteiger charge is -2.29. The van der Waals surface area contributed by atoms with Gasteiger partial charge in [-0.05, 0) is 52.0 Å². The first-order valence-corrected chi connectivity index (χ1v) is 8.63. The second kappa shape index (κ2) is 6.86. The van der Waals surface area contributed by atoms with Crippen LogP contribution in [0, 0.1) is 13.8 Å². The number of fused-ring (bicyclic) bond motifs is 1. The van der Waals surface area contributed by atoms with E-state index in [-0.39, 0.29) is 6.03 Å². The first-order valence-electron chi connectivity index (χ1n) is 8.63. The van der Waals surface area contributed by atoms with Crippen LogP contribution in [0.4, 0.5) is 10.5 Å². The first kappa shape index (κ1) is 18.0. The Labute approximate surface area is 154 Å². The average molecular weight is 355 g/mol. The molecule has 0 saturated heterocycles. The van der Waals surface area contributed by atoms with E-state index >= 15 is 0 Å². The predicted octanol–water partition coefficient (Wildman–Crippen LogP) is 3.91. The fourth-order valence-corrected chi connectivity index (χ4v) is 3.10. The molecular formula is C20H25N3O3. The summed E-state index contributed by atoms with van der Waals surface area (Å²) in [5, 5.41) is 2.97. The Bertz CT molecular complexity index is 833. The largest absolute Gasteiger partial charge is 0.497 e. The van der Waals surface area contributed by atoms with Gasteiger partial charge in [-0.25, -0.2) is 4.79 Å². The molecule has 1 aromatic carbocycles. The molecule has 26 heavy (non-hydrogen) atoms. The lowest BCUT2D eigenvalue weighted by atomic mass is 10.1. The highest BCUT2D eigenvalue weighted by molar-refractivity contribution is 5.90. The summed E-state index contributed by atoms with van der Waals surface area (Å²) in [6, 6.07) is 9.29. The molecule has 1 aliphatic rings. The summed E-state index contributed by atoms with van der Waals surface area (Å²) in [6.07, 6.45) is 0. The number of ether oxygens (including phenoxy) is 2. The summed E-state index contributed by atoms with van der Waals surface area (Å²) in [7, 11) is 1.63. The quantitative estimate of drug-likeness (QED) is 0.887. The molecule has 0 radical (unpaired) electrons. The number of hydrogen-bond donors (Lipinski definition) is 1. The van der Waals surface area contributed by atoms with Crippen molar-refractivity contribution in [2.24, 2.45) is 0 Å². The van der Waals surface area contributed by atoms with E-state index in [2.05, 4.69) is 10.3 Å². The van der Waals surface area contributed by atoms with Crippen LogP contribution in [0.15, 0.2) is 30.3 Å². The lowest BCUT2D eigenvalue weighted by molar-refractivity contribution is 0.0833. The molecule has 0 unspecified atom stereocenters. The van der Waals surface area contributed by atoms with Crippen LogP contribution in [-0.2, 0) is 6.54 Å². The SMILES string of the molecule is COc1ccc2c(c1)OC(C)(C)CN(C(=O)Nc1ccc(C)nc1C)C2. The van der Waals surface area contributed by atoms with Gasteiger partial charge in [-0.2, -0.15) is 0 Å². The van der Waals surface area contributed by atoms with Crippen molar-refractivity contribution >= 4 is 11.7 Å². The van der Waals surface area contributed by atoms with Crippen molar-refractivity contribution in [3.8, 4) is 11.5 Å². The molecule has 1 N–H and O–H groups in total. The number of rotatable bonds is 2. The van der Waals surface area contributed by atoms with Gasteiger partial charge in [-0.1, -0.05) is 0 Å². The van der Waals surface area contributed by atoms with Crippen molar-refractivity contribution in [2.75, 3.05) is 19.0 Å². The number of methoxy groups -OCH3 is 1. The maximum absolute atomic E-state index is 12.9. The molecule has 0 saturated carbocycles. The van der Waals surface area contributed by atoms with E-state index in [4.69, 9.17) is 9.47 Å². The number of urea groups is 1. The van der Waals surface area contributed by atoms with Crippen LogP contribution in [0.2, 0.25) is 0 Å². The van der Waals surface area contributed by atoms with Gasteiger partial charge in [-0.3, -0.25) is 4.98 Å². The van der Waals surface area contributed by atoms with Crippen molar-refractivity contribution in [2.45, 2.75) is 39.8 Å². The molecule has 0 fully saturated rings. The van der Waals surface area contributed by atoms with E-state index < -0.39 is 5.60 Å². The molecule has 2 amide bonds. The topological polar surface area (TPSA) is 63.7 Å². The number of aryl methyl sites for hydroxylation is 2. The Morgan fingerprint density at radius 3 is 2.73 bits per heavy atom. The molecule has 0 atom stereocenters. The predicted molar refractivity (Wildman–Crippen MR) is 101 cm³/mol. The highest BCUT2D eigenvalue weighted by Crippen LogP contribution is 2.32. The molecule has 3 rings (SSSR count). The van der Waals surface area contributed by atoms with E-state index in [1.165, 1.54) is 0 Å². The molecular weight excluding hydrogens is 330 g/mol. The molecule has 2 heterocycles. The summed E-state index contributed by atoms with van der Waals surface area (Å²) in [6.45, 7) is 8.69. The van der Waals surface area contributed by atoms with E-state index in [1.807, 2.05) is 58.0 Å². The fourth-order valence-electron chi connectivity index (χ4n) is 3.10. The maximum Gasteiger partial charge on any atom is 0.322 e. The van der Waals surface area contributed by atoms with Crippen LogP contribution in [0.5, 0.6) is 11.5 Å². The normalized spacial score (nSPS) is 15.5. The van der Waals surface area contributed by atoms with Gasteiger partial charge in [0.25, 0.3) is 0 Å². The number of anilines is 1. The fraction of sp³-hybridized carbons (Fsp3) is 0.400. The average Bonchev–Trinajstić information content (AvgIpc) is 2.71. The molecule has 2 aromatic rings. The second-order valence-corrected chi connectivity index (χ2v) is 7.21. The second-order valence-electron chi connectivity index (χ2n) is 7.21. The van der Waals surface area contributed by atoms with Crippen LogP contribution < -0.4 is 14.8 Å². The minimum atomic E-state index is -0.518. The van der Waals surface area contributed by atoms with Gasteiger partial charge < -0.3 is 19.7 Å². The Morgan fingerprint density at radius 2 is 2.04 bits per heavy atom. The maximum atomic E-state index is 12.9. The van der Waals surface area contributed by atoms with Crippen molar-refractivity contribution in [1.82, 2.24) is 9.88 Å². The highest BCUT2D eigenvalue weighted by atomic mass is 16.5. The number of pyridine rings is 1. The Balaban J connectivity index is 1.85. The number of hydrogen-bond acceptors (Lipinski definition) is 4. The summed E-state index contributed by atoms with van der Waals surface area (Å²) in [4.78, 5) is 19.0. The van der Waals surface area contributed by atoms with Crippen LogP contribution in [0.25, 0.3) is 0 Å². The minimum Gasteiger partial charge on any atom is -0.497 e. The van der Waals surface area contributed by atoms with Crippen molar-refractivity contribution in [1.29, 1.82) is 0 Å². The Morgan fingerprint density at radius 1 is 1.27 bits per heavy atom. The number of amides is 2. The van der Waals surface area contributed by atoms with Crippen LogP contribution in [0.1, 0.15) is 30.8 Å². The van der Waals surface area contributed by atoms with E-state index in [9.17, 15) is 4.79 Å². The van der Waals surface area contributed by atoms with Crippen molar-refractivity contribution < 1.29 is 14.3 Å². The molecule has 0 aliphatic carbocycles. The van der Waals surface area contributed by atoms with Crippen LogP contribution in [0.3, 0.4) is 0 Å². The van der Waals surface area contributed by atoms with Gasteiger partial charge in [0.05, 0.1) is 31.6 Å². The zero-order chi connectivity index (χ0) is 18.9. The highest BCUT2D eigenvalue weighted by Gasteiger charge is 2.32. The molecule has 0 bridgehead atoms. The van der Waals surface area contributed by atoms with Gasteiger partial charge in [0.2, 0.25) is 0 Å². The summed E-state index contributed by atoms with van der Waals surface area (Å²) in [5.41, 5.74) is 2.88. The number of carbonyl (C=O) groups is 1. The zero-order valence-corrected chi connectivity index (χ0v) is 15.9. The van der Waals surface area contributed by atoms with Gasteiger partial charge in [-0.15, -0.1) is 0 Å². The van der Waals surface area contributed by atoms with E-state index in [0.717, 1.165) is 34.1 Å². The van der Waals surface area contributed by atoms with Gasteiger partial charge in [0, 0.05) is 17.3 Å². The third kappa shape index (κ3) is 3.90. The summed E-state index contributed by atoms with van der Waals surface area (Å²) in [5.74, 6) is 1.48.